The normalized spacial score (nSPS) is 17.9. The number of nitrogens with zero attached hydrogens (tertiary/aromatic N) is 1. The van der Waals surface area contributed by atoms with Crippen molar-refractivity contribution >= 4 is 12.0 Å². The Balaban J connectivity index is 2.16. The van der Waals surface area contributed by atoms with Gasteiger partial charge in [-0.1, -0.05) is 0 Å². The van der Waals surface area contributed by atoms with Crippen LogP contribution in [0, 0.1) is 10.1 Å². The molecule has 16 heavy (non-hydrogen) atoms. The minimum absolute atomic E-state index is 0.0784. The van der Waals surface area contributed by atoms with Crippen molar-refractivity contribution in [3.8, 4) is 5.75 Å². The van der Waals surface area contributed by atoms with Gasteiger partial charge in [0.2, 0.25) is 0 Å². The van der Waals surface area contributed by atoms with Gasteiger partial charge in [-0.2, -0.15) is 0 Å². The van der Waals surface area contributed by atoms with E-state index in [1.807, 2.05) is 0 Å². The number of carbonyl (C=O) groups is 1. The van der Waals surface area contributed by atoms with Gasteiger partial charge in [0.1, 0.15) is 18.5 Å². The average molecular weight is 223 g/mol. The van der Waals surface area contributed by atoms with Gasteiger partial charge in [0.15, 0.2) is 6.29 Å². The molecule has 1 aliphatic rings. The zero-order valence-electron chi connectivity index (χ0n) is 8.29. The number of hydrogen-bond acceptors (Lipinski definition) is 5. The van der Waals surface area contributed by atoms with Gasteiger partial charge in [-0.15, -0.1) is 0 Å². The summed E-state index contributed by atoms with van der Waals surface area (Å²) in [6.45, 7) is 1.02. The number of carbonyl (C=O) groups excluding carboxylic acids is 1. The van der Waals surface area contributed by atoms with E-state index in [4.69, 9.17) is 9.47 Å². The topological polar surface area (TPSA) is 82.0 Å². The highest BCUT2D eigenvalue weighted by molar-refractivity contribution is 5.80. The number of aldehydes is 1. The summed E-state index contributed by atoms with van der Waals surface area (Å²) in [6, 6.07) is 3.91. The first-order chi connectivity index (χ1) is 7.70. The van der Waals surface area contributed by atoms with Crippen molar-refractivity contribution in [2.45, 2.75) is 6.10 Å². The molecule has 0 amide bonds. The Hall–Kier alpha value is -1.95. The van der Waals surface area contributed by atoms with Crippen LogP contribution in [-0.2, 0) is 4.74 Å². The predicted molar refractivity (Wildman–Crippen MR) is 53.7 cm³/mol. The molecule has 0 aromatic heterocycles. The van der Waals surface area contributed by atoms with Crippen LogP contribution in [0.2, 0.25) is 0 Å². The molecule has 1 aliphatic heterocycles. The maximum Gasteiger partial charge on any atom is 0.270 e. The molecule has 0 saturated carbocycles. The summed E-state index contributed by atoms with van der Waals surface area (Å²) in [7, 11) is 0. The van der Waals surface area contributed by atoms with Crippen LogP contribution in [-0.4, -0.2) is 30.5 Å². The molecule has 1 saturated heterocycles. The first-order valence-electron chi connectivity index (χ1n) is 4.68. The molecular formula is C10H9NO5. The third-order valence-corrected chi connectivity index (χ3v) is 2.16. The van der Waals surface area contributed by atoms with Crippen molar-refractivity contribution in [3.05, 3.63) is 33.9 Å². The smallest absolute Gasteiger partial charge is 0.270 e. The van der Waals surface area contributed by atoms with Crippen LogP contribution in [0.4, 0.5) is 5.69 Å². The summed E-state index contributed by atoms with van der Waals surface area (Å²) in [4.78, 5) is 20.7. The minimum Gasteiger partial charge on any atom is -0.490 e. The lowest BCUT2D eigenvalue weighted by Gasteiger charge is -2.06. The van der Waals surface area contributed by atoms with E-state index in [-0.39, 0.29) is 17.4 Å². The van der Waals surface area contributed by atoms with Crippen LogP contribution in [0.3, 0.4) is 0 Å². The van der Waals surface area contributed by atoms with E-state index in [1.165, 1.54) is 18.2 Å². The summed E-state index contributed by atoms with van der Waals surface area (Å²) < 4.78 is 10.3. The SMILES string of the molecule is O=Cc1cc([N+](=O)[O-])ccc1OC[C@@H]1CO1. The fraction of sp³-hybridized carbons (Fsp3) is 0.300. The molecule has 0 aliphatic carbocycles. The molecule has 0 bridgehead atoms. The molecule has 1 atom stereocenters. The van der Waals surface area contributed by atoms with Gasteiger partial charge in [-0.05, 0) is 6.07 Å². The molecule has 0 N–H and O–H groups in total. The number of epoxide rings is 1. The fourth-order valence-corrected chi connectivity index (χ4v) is 1.22. The van der Waals surface area contributed by atoms with Gasteiger partial charge in [-0.3, -0.25) is 14.9 Å². The van der Waals surface area contributed by atoms with Crippen LogP contribution in [0.15, 0.2) is 18.2 Å². The second-order valence-corrected chi connectivity index (χ2v) is 3.36. The van der Waals surface area contributed by atoms with Crippen LogP contribution in [0.5, 0.6) is 5.75 Å². The lowest BCUT2D eigenvalue weighted by Crippen LogP contribution is -2.06. The van der Waals surface area contributed by atoms with Crippen molar-refractivity contribution in [3.63, 3.8) is 0 Å². The minimum atomic E-state index is -0.555. The van der Waals surface area contributed by atoms with E-state index in [0.717, 1.165) is 0 Å². The third kappa shape index (κ3) is 2.34. The van der Waals surface area contributed by atoms with Crippen LogP contribution in [0.1, 0.15) is 10.4 Å². The number of non-ortho nitro benzene ring substituents is 1. The van der Waals surface area contributed by atoms with Crippen molar-refractivity contribution in [2.24, 2.45) is 0 Å². The summed E-state index contributed by atoms with van der Waals surface area (Å²) in [6.07, 6.45) is 0.616. The van der Waals surface area contributed by atoms with Gasteiger partial charge in [0, 0.05) is 12.1 Å². The Morgan fingerprint density at radius 1 is 1.62 bits per heavy atom. The Kier molecular flexibility index (Phi) is 2.82. The molecule has 0 spiro atoms. The molecule has 84 valence electrons. The van der Waals surface area contributed by atoms with E-state index in [9.17, 15) is 14.9 Å². The van der Waals surface area contributed by atoms with Crippen molar-refractivity contribution in [1.29, 1.82) is 0 Å². The quantitative estimate of drug-likeness (QED) is 0.324. The molecule has 1 aromatic carbocycles. The monoisotopic (exact) mass is 223 g/mol. The lowest BCUT2D eigenvalue weighted by atomic mass is 10.2. The molecule has 6 nitrogen and oxygen atoms in total. The van der Waals surface area contributed by atoms with Gasteiger partial charge in [0.25, 0.3) is 5.69 Å². The Bertz CT molecular complexity index is 427. The lowest BCUT2D eigenvalue weighted by molar-refractivity contribution is -0.384. The summed E-state index contributed by atoms with van der Waals surface area (Å²) in [5.41, 5.74) is 0.0481. The summed E-state index contributed by atoms with van der Waals surface area (Å²) in [5, 5.41) is 10.5. The number of benzene rings is 1. The Labute approximate surface area is 90.9 Å². The van der Waals surface area contributed by atoms with E-state index >= 15 is 0 Å². The number of ether oxygens (including phenoxy) is 2. The Morgan fingerprint density at radius 2 is 2.38 bits per heavy atom. The van der Waals surface area contributed by atoms with Crippen molar-refractivity contribution < 1.29 is 19.2 Å². The maximum absolute atomic E-state index is 10.7. The van der Waals surface area contributed by atoms with Crippen LogP contribution in [0.25, 0.3) is 0 Å². The van der Waals surface area contributed by atoms with E-state index in [1.54, 1.807) is 0 Å². The first kappa shape index (κ1) is 10.6. The molecule has 0 radical (unpaired) electrons. The highest BCUT2D eigenvalue weighted by Gasteiger charge is 2.23. The van der Waals surface area contributed by atoms with Gasteiger partial charge >= 0.3 is 0 Å². The fourth-order valence-electron chi connectivity index (χ4n) is 1.22. The van der Waals surface area contributed by atoms with Crippen molar-refractivity contribution in [1.82, 2.24) is 0 Å². The standard InChI is InChI=1S/C10H9NO5/c12-4-7-3-8(11(13)14)1-2-10(7)16-6-9-5-15-9/h1-4,9H,5-6H2/t9-/m0/s1. The maximum atomic E-state index is 10.7. The highest BCUT2D eigenvalue weighted by atomic mass is 16.6. The van der Waals surface area contributed by atoms with Crippen molar-refractivity contribution in [2.75, 3.05) is 13.2 Å². The first-order valence-corrected chi connectivity index (χ1v) is 4.68. The third-order valence-electron chi connectivity index (χ3n) is 2.16. The summed E-state index contributed by atoms with van der Waals surface area (Å²) in [5.74, 6) is 0.344. The number of rotatable bonds is 5. The van der Waals surface area contributed by atoms with E-state index in [2.05, 4.69) is 0 Å². The van der Waals surface area contributed by atoms with Gasteiger partial charge in [0.05, 0.1) is 17.1 Å². The largest absolute Gasteiger partial charge is 0.490 e. The van der Waals surface area contributed by atoms with Crippen LogP contribution >= 0.6 is 0 Å². The molecule has 6 heteroatoms. The van der Waals surface area contributed by atoms with Gasteiger partial charge < -0.3 is 9.47 Å². The molecular weight excluding hydrogens is 214 g/mol. The number of hydrogen-bond donors (Lipinski definition) is 0. The number of nitro benzene ring substituents is 1. The zero-order chi connectivity index (χ0) is 11.5. The predicted octanol–water partition coefficient (Wildman–Crippen LogP) is 1.18. The van der Waals surface area contributed by atoms with E-state index in [0.29, 0.717) is 25.2 Å². The molecule has 1 fully saturated rings. The van der Waals surface area contributed by atoms with E-state index < -0.39 is 4.92 Å². The summed E-state index contributed by atoms with van der Waals surface area (Å²) >= 11 is 0. The second kappa shape index (κ2) is 4.28. The molecule has 1 aromatic rings. The number of nitro groups is 1. The molecule has 2 rings (SSSR count). The average Bonchev–Trinajstić information content (AvgIpc) is 3.09. The van der Waals surface area contributed by atoms with Gasteiger partial charge in [-0.25, -0.2) is 0 Å². The molecule has 1 heterocycles. The van der Waals surface area contributed by atoms with Crippen LogP contribution < -0.4 is 4.74 Å². The molecule has 0 unspecified atom stereocenters. The Morgan fingerprint density at radius 3 is 2.94 bits per heavy atom. The zero-order valence-corrected chi connectivity index (χ0v) is 8.29. The highest BCUT2D eigenvalue weighted by Crippen LogP contribution is 2.23. The second-order valence-electron chi connectivity index (χ2n) is 3.36.